The molecule has 0 bridgehead atoms. The Balaban J connectivity index is 2.07. The van der Waals surface area contributed by atoms with Crippen LogP contribution in [0.25, 0.3) is 0 Å². The van der Waals surface area contributed by atoms with Crippen molar-refractivity contribution < 1.29 is 5.11 Å². The highest BCUT2D eigenvalue weighted by Crippen LogP contribution is 2.15. The van der Waals surface area contributed by atoms with E-state index in [0.29, 0.717) is 12.8 Å². The fourth-order valence-corrected chi connectivity index (χ4v) is 2.41. The lowest BCUT2D eigenvalue weighted by atomic mass is 9.99. The van der Waals surface area contributed by atoms with Crippen LogP contribution in [0.1, 0.15) is 42.4 Å². The number of aryl methyl sites for hydroxylation is 2. The van der Waals surface area contributed by atoms with Crippen molar-refractivity contribution in [3.63, 3.8) is 0 Å². The Morgan fingerprint density at radius 1 is 1.20 bits per heavy atom. The number of hydrogen-bond donors (Lipinski definition) is 1. The highest BCUT2D eigenvalue weighted by atomic mass is 16.3. The van der Waals surface area contributed by atoms with Crippen molar-refractivity contribution in [2.24, 2.45) is 0 Å². The third-order valence-electron chi connectivity index (χ3n) is 3.51. The summed E-state index contributed by atoms with van der Waals surface area (Å²) in [5.41, 5.74) is 3.65. The zero-order chi connectivity index (χ0) is 14.7. The van der Waals surface area contributed by atoms with Gasteiger partial charge in [0.15, 0.2) is 0 Å². The van der Waals surface area contributed by atoms with E-state index < -0.39 is 6.10 Å². The predicted molar refractivity (Wildman–Crippen MR) is 79.7 cm³/mol. The summed E-state index contributed by atoms with van der Waals surface area (Å²) >= 11 is 0. The van der Waals surface area contributed by atoms with Crippen molar-refractivity contribution >= 4 is 0 Å². The molecule has 0 aliphatic rings. The number of benzene rings is 1. The average Bonchev–Trinajstić information content (AvgIpc) is 2.82. The summed E-state index contributed by atoms with van der Waals surface area (Å²) in [5, 5.41) is 14.5. The van der Waals surface area contributed by atoms with Crippen molar-refractivity contribution in [3.8, 4) is 0 Å². The van der Waals surface area contributed by atoms with E-state index in [1.54, 1.807) is 6.33 Å². The molecule has 0 aliphatic carbocycles. The van der Waals surface area contributed by atoms with Gasteiger partial charge < -0.3 is 5.11 Å². The number of nitrogens with zero attached hydrogens (tertiary/aromatic N) is 3. The van der Waals surface area contributed by atoms with Crippen LogP contribution in [0.3, 0.4) is 0 Å². The first kappa shape index (κ1) is 14.7. The Hall–Kier alpha value is -1.68. The molecule has 20 heavy (non-hydrogen) atoms. The Morgan fingerprint density at radius 3 is 2.65 bits per heavy atom. The first-order valence-electron chi connectivity index (χ1n) is 7.10. The molecule has 4 nitrogen and oxygen atoms in total. The Morgan fingerprint density at radius 2 is 1.95 bits per heavy atom. The maximum absolute atomic E-state index is 10.3. The lowest BCUT2D eigenvalue weighted by Crippen LogP contribution is -2.19. The summed E-state index contributed by atoms with van der Waals surface area (Å²) < 4.78 is 1.87. The topological polar surface area (TPSA) is 50.9 Å². The molecule has 1 N–H and O–H groups in total. The van der Waals surface area contributed by atoms with Gasteiger partial charge in [-0.1, -0.05) is 23.8 Å². The van der Waals surface area contributed by atoms with E-state index in [2.05, 4.69) is 56.0 Å². The van der Waals surface area contributed by atoms with Gasteiger partial charge in [-0.3, -0.25) is 0 Å². The molecule has 2 aromatic rings. The first-order valence-corrected chi connectivity index (χ1v) is 7.10. The van der Waals surface area contributed by atoms with E-state index in [-0.39, 0.29) is 6.04 Å². The molecule has 4 heteroatoms. The zero-order valence-electron chi connectivity index (χ0n) is 12.7. The molecule has 0 fully saturated rings. The largest absolute Gasteiger partial charge is 0.392 e. The van der Waals surface area contributed by atoms with Gasteiger partial charge in [-0.15, -0.1) is 0 Å². The van der Waals surface area contributed by atoms with Gasteiger partial charge in [0.1, 0.15) is 12.2 Å². The molecule has 1 aromatic carbocycles. The normalized spacial score (nSPS) is 12.9. The van der Waals surface area contributed by atoms with Crippen LogP contribution in [0.5, 0.6) is 0 Å². The quantitative estimate of drug-likeness (QED) is 0.911. The van der Waals surface area contributed by atoms with Crippen molar-refractivity contribution in [1.82, 2.24) is 14.8 Å². The second-order valence-corrected chi connectivity index (χ2v) is 5.71. The Labute approximate surface area is 120 Å². The summed E-state index contributed by atoms with van der Waals surface area (Å²) in [5.74, 6) is 0.845. The van der Waals surface area contributed by atoms with Gasteiger partial charge in [-0.25, -0.2) is 9.67 Å². The van der Waals surface area contributed by atoms with Crippen molar-refractivity contribution in [2.45, 2.75) is 52.7 Å². The van der Waals surface area contributed by atoms with Gasteiger partial charge in [-0.2, -0.15) is 5.10 Å². The van der Waals surface area contributed by atoms with Crippen LogP contribution in [0.2, 0.25) is 0 Å². The maximum atomic E-state index is 10.3. The smallest absolute Gasteiger partial charge is 0.138 e. The minimum Gasteiger partial charge on any atom is -0.392 e. The average molecular weight is 273 g/mol. The van der Waals surface area contributed by atoms with E-state index in [0.717, 1.165) is 5.82 Å². The molecular weight excluding hydrogens is 250 g/mol. The van der Waals surface area contributed by atoms with Crippen LogP contribution < -0.4 is 0 Å². The summed E-state index contributed by atoms with van der Waals surface area (Å²) in [6.45, 7) is 8.29. The van der Waals surface area contributed by atoms with Gasteiger partial charge in [-0.05, 0) is 45.2 Å². The van der Waals surface area contributed by atoms with E-state index >= 15 is 0 Å². The zero-order valence-corrected chi connectivity index (χ0v) is 12.7. The monoisotopic (exact) mass is 273 g/mol. The van der Waals surface area contributed by atoms with Gasteiger partial charge in [0.05, 0.1) is 6.10 Å². The number of aliphatic hydroxyl groups is 1. The molecule has 0 radical (unpaired) electrons. The first-order chi connectivity index (χ1) is 9.47. The summed E-state index contributed by atoms with van der Waals surface area (Å²) in [6.07, 6.45) is 2.31. The van der Waals surface area contributed by atoms with E-state index in [1.165, 1.54) is 16.7 Å². The lowest BCUT2D eigenvalue weighted by Gasteiger charge is -2.15. The predicted octanol–water partition coefficient (Wildman–Crippen LogP) is 2.62. The fraction of sp³-hybridized carbons (Fsp3) is 0.500. The van der Waals surface area contributed by atoms with Crippen LogP contribution in [0.15, 0.2) is 24.5 Å². The molecule has 0 saturated heterocycles. The molecule has 0 saturated carbocycles. The summed E-state index contributed by atoms with van der Waals surface area (Å²) in [4.78, 5) is 4.25. The summed E-state index contributed by atoms with van der Waals surface area (Å²) in [6, 6.07) is 6.61. The van der Waals surface area contributed by atoms with Crippen LogP contribution >= 0.6 is 0 Å². The lowest BCUT2D eigenvalue weighted by molar-refractivity contribution is 0.170. The Kier molecular flexibility index (Phi) is 4.55. The molecule has 1 heterocycles. The highest BCUT2D eigenvalue weighted by Gasteiger charge is 2.14. The molecule has 0 amide bonds. The van der Waals surface area contributed by atoms with E-state index in [4.69, 9.17) is 0 Å². The van der Waals surface area contributed by atoms with Crippen LogP contribution in [-0.2, 0) is 12.8 Å². The van der Waals surface area contributed by atoms with Crippen LogP contribution in [0, 0.1) is 13.8 Å². The van der Waals surface area contributed by atoms with Gasteiger partial charge in [0.2, 0.25) is 0 Å². The molecular formula is C16H23N3O. The SMILES string of the molecule is Cc1ccc(C)c(CC(O)Cc2ncnn2C(C)C)c1. The van der Waals surface area contributed by atoms with Crippen molar-refractivity contribution in [1.29, 1.82) is 0 Å². The second-order valence-electron chi connectivity index (χ2n) is 5.71. The van der Waals surface area contributed by atoms with Gasteiger partial charge in [0, 0.05) is 12.5 Å². The van der Waals surface area contributed by atoms with E-state index in [1.807, 2.05) is 4.68 Å². The van der Waals surface area contributed by atoms with E-state index in [9.17, 15) is 5.11 Å². The van der Waals surface area contributed by atoms with Crippen LogP contribution in [-0.4, -0.2) is 26.0 Å². The minimum atomic E-state index is -0.433. The minimum absolute atomic E-state index is 0.264. The number of hydrogen-bond acceptors (Lipinski definition) is 3. The molecule has 1 unspecified atom stereocenters. The molecule has 2 rings (SSSR count). The number of aromatic nitrogens is 3. The van der Waals surface area contributed by atoms with Crippen LogP contribution in [0.4, 0.5) is 0 Å². The third-order valence-corrected chi connectivity index (χ3v) is 3.51. The highest BCUT2D eigenvalue weighted by molar-refractivity contribution is 5.31. The van der Waals surface area contributed by atoms with Gasteiger partial charge in [0.25, 0.3) is 0 Å². The summed E-state index contributed by atoms with van der Waals surface area (Å²) in [7, 11) is 0. The second kappa shape index (κ2) is 6.18. The molecule has 0 spiro atoms. The Bertz CT molecular complexity index is 575. The molecule has 108 valence electrons. The molecule has 1 aromatic heterocycles. The molecule has 0 aliphatic heterocycles. The van der Waals surface area contributed by atoms with Gasteiger partial charge >= 0.3 is 0 Å². The number of rotatable bonds is 5. The number of aliphatic hydroxyl groups excluding tert-OH is 1. The standard InChI is InChI=1S/C16H23N3O/c1-11(2)19-16(17-10-18-19)9-15(20)8-14-7-12(3)5-6-13(14)4/h5-7,10-11,15,20H,8-9H2,1-4H3. The maximum Gasteiger partial charge on any atom is 0.138 e. The molecule has 1 atom stereocenters. The third kappa shape index (κ3) is 3.45. The fourth-order valence-electron chi connectivity index (χ4n) is 2.41. The van der Waals surface area contributed by atoms with Crippen molar-refractivity contribution in [2.75, 3.05) is 0 Å². The van der Waals surface area contributed by atoms with Crippen molar-refractivity contribution in [3.05, 3.63) is 47.0 Å².